The minimum absolute atomic E-state index is 0.373. The first-order valence-corrected chi connectivity index (χ1v) is 12.8. The summed E-state index contributed by atoms with van der Waals surface area (Å²) in [6, 6.07) is 42.0. The van der Waals surface area contributed by atoms with Crippen molar-refractivity contribution in [2.45, 2.75) is 13.8 Å². The third-order valence-electron chi connectivity index (χ3n) is 6.57. The van der Waals surface area contributed by atoms with Crippen LogP contribution in [0, 0.1) is 13.8 Å². The summed E-state index contributed by atoms with van der Waals surface area (Å²) < 4.78 is 0. The van der Waals surface area contributed by atoms with Gasteiger partial charge in [0.1, 0.15) is 5.75 Å². The predicted molar refractivity (Wildman–Crippen MR) is 163 cm³/mol. The maximum Gasteiger partial charge on any atom is 0.121 e. The summed E-state index contributed by atoms with van der Waals surface area (Å²) in [6.07, 6.45) is 8.47. The van der Waals surface area contributed by atoms with E-state index in [-0.39, 0.29) is 0 Å². The lowest BCUT2D eigenvalue weighted by Gasteiger charge is -2.25. The third-order valence-corrected chi connectivity index (χ3v) is 6.57. The zero-order valence-electron chi connectivity index (χ0n) is 21.8. The molecule has 186 valence electrons. The number of nitrogens with zero attached hydrogens (tertiary/aromatic N) is 1. The number of hydrogen-bond donors (Lipinski definition) is 1. The number of para-hydroxylation sites is 2. The molecule has 0 saturated heterocycles. The summed E-state index contributed by atoms with van der Waals surface area (Å²) in [4.78, 5) is 2.26. The Morgan fingerprint density at radius 3 is 1.21 bits per heavy atom. The Hall–Kier alpha value is -4.82. The van der Waals surface area contributed by atoms with E-state index in [1.165, 1.54) is 0 Å². The normalized spacial score (nSPS) is 11.3. The van der Waals surface area contributed by atoms with Crippen LogP contribution in [0.25, 0.3) is 24.3 Å². The third kappa shape index (κ3) is 5.93. The SMILES string of the molecule is Cc1cc(/C=C/c2ccc(/C=C/c3ccc(N(c4ccccc4)c4ccccc4)cc3)cc2)cc(C)c1O. The quantitative estimate of drug-likeness (QED) is 0.228. The average molecular weight is 494 g/mol. The second-order valence-electron chi connectivity index (χ2n) is 9.43. The standard InChI is InChI=1S/C36H31NO/c1-27-25-32(26-28(2)36(27)38)20-19-30-15-13-29(14-16-30)17-18-31-21-23-35(24-22-31)37(33-9-5-3-6-10-33)34-11-7-4-8-12-34/h3-26,38H,1-2H3/b18-17+,20-19+. The molecule has 0 radical (unpaired) electrons. The Morgan fingerprint density at radius 1 is 0.447 bits per heavy atom. The molecule has 38 heavy (non-hydrogen) atoms. The summed E-state index contributed by atoms with van der Waals surface area (Å²) in [5, 5.41) is 9.98. The van der Waals surface area contributed by atoms with Crippen LogP contribution in [0.2, 0.25) is 0 Å². The lowest BCUT2D eigenvalue weighted by atomic mass is 10.0. The van der Waals surface area contributed by atoms with E-state index in [0.717, 1.165) is 50.4 Å². The van der Waals surface area contributed by atoms with Crippen LogP contribution in [-0.4, -0.2) is 5.11 Å². The van der Waals surface area contributed by atoms with Gasteiger partial charge in [0.05, 0.1) is 0 Å². The van der Waals surface area contributed by atoms with Gasteiger partial charge in [-0.05, 0) is 95.8 Å². The van der Waals surface area contributed by atoms with Crippen LogP contribution in [0.15, 0.2) is 121 Å². The molecule has 5 aromatic carbocycles. The first-order valence-electron chi connectivity index (χ1n) is 12.8. The van der Waals surface area contributed by atoms with E-state index in [2.05, 4.69) is 126 Å². The Balaban J connectivity index is 1.29. The van der Waals surface area contributed by atoms with Crippen LogP contribution < -0.4 is 4.90 Å². The van der Waals surface area contributed by atoms with Crippen LogP contribution in [-0.2, 0) is 0 Å². The number of benzene rings is 5. The Morgan fingerprint density at radius 2 is 0.789 bits per heavy atom. The molecule has 0 bridgehead atoms. The molecule has 5 rings (SSSR count). The van der Waals surface area contributed by atoms with Gasteiger partial charge >= 0.3 is 0 Å². The van der Waals surface area contributed by atoms with Crippen LogP contribution in [0.3, 0.4) is 0 Å². The molecule has 2 heteroatoms. The zero-order valence-corrected chi connectivity index (χ0v) is 21.8. The molecule has 0 aromatic heterocycles. The highest BCUT2D eigenvalue weighted by Gasteiger charge is 2.11. The van der Waals surface area contributed by atoms with E-state index in [4.69, 9.17) is 0 Å². The molecular formula is C36H31NO. The number of rotatable bonds is 7. The average Bonchev–Trinajstić information content (AvgIpc) is 2.96. The summed E-state index contributed by atoms with van der Waals surface area (Å²) in [5.74, 6) is 0.373. The van der Waals surface area contributed by atoms with Crippen molar-refractivity contribution in [3.8, 4) is 5.75 Å². The van der Waals surface area contributed by atoms with Gasteiger partial charge in [-0.3, -0.25) is 0 Å². The van der Waals surface area contributed by atoms with Crippen molar-refractivity contribution in [2.75, 3.05) is 4.90 Å². The summed E-state index contributed by atoms with van der Waals surface area (Å²) in [5.41, 5.74) is 9.69. The summed E-state index contributed by atoms with van der Waals surface area (Å²) >= 11 is 0. The van der Waals surface area contributed by atoms with Gasteiger partial charge in [-0.25, -0.2) is 0 Å². The van der Waals surface area contributed by atoms with E-state index >= 15 is 0 Å². The second-order valence-corrected chi connectivity index (χ2v) is 9.43. The fourth-order valence-electron chi connectivity index (χ4n) is 4.52. The fourth-order valence-corrected chi connectivity index (χ4v) is 4.52. The van der Waals surface area contributed by atoms with Gasteiger partial charge in [0.2, 0.25) is 0 Å². The van der Waals surface area contributed by atoms with Crippen LogP contribution in [0.1, 0.15) is 33.4 Å². The molecule has 5 aromatic rings. The minimum Gasteiger partial charge on any atom is -0.507 e. The second kappa shape index (κ2) is 11.5. The summed E-state index contributed by atoms with van der Waals surface area (Å²) in [7, 11) is 0. The highest BCUT2D eigenvalue weighted by Crippen LogP contribution is 2.34. The first kappa shape index (κ1) is 24.9. The van der Waals surface area contributed by atoms with E-state index in [9.17, 15) is 5.11 Å². The van der Waals surface area contributed by atoms with E-state index in [0.29, 0.717) is 5.75 Å². The van der Waals surface area contributed by atoms with Crippen LogP contribution >= 0.6 is 0 Å². The molecule has 0 aliphatic rings. The number of aromatic hydroxyl groups is 1. The van der Waals surface area contributed by atoms with Gasteiger partial charge in [0, 0.05) is 17.1 Å². The highest BCUT2D eigenvalue weighted by molar-refractivity contribution is 5.78. The maximum atomic E-state index is 9.98. The molecule has 1 N–H and O–H groups in total. The van der Waals surface area contributed by atoms with Crippen molar-refractivity contribution in [2.24, 2.45) is 0 Å². The Bertz CT molecular complexity index is 1490. The first-order chi connectivity index (χ1) is 18.6. The van der Waals surface area contributed by atoms with Gasteiger partial charge in [-0.2, -0.15) is 0 Å². The zero-order chi connectivity index (χ0) is 26.3. The van der Waals surface area contributed by atoms with Gasteiger partial charge in [0.15, 0.2) is 0 Å². The van der Waals surface area contributed by atoms with Crippen molar-refractivity contribution in [3.63, 3.8) is 0 Å². The maximum absolute atomic E-state index is 9.98. The molecular weight excluding hydrogens is 462 g/mol. The van der Waals surface area contributed by atoms with Crippen molar-refractivity contribution in [1.82, 2.24) is 0 Å². The minimum atomic E-state index is 0.373. The molecule has 0 amide bonds. The van der Waals surface area contributed by atoms with Crippen molar-refractivity contribution in [1.29, 1.82) is 0 Å². The topological polar surface area (TPSA) is 23.5 Å². The van der Waals surface area contributed by atoms with E-state index < -0.39 is 0 Å². The molecule has 0 spiro atoms. The van der Waals surface area contributed by atoms with Gasteiger partial charge < -0.3 is 10.0 Å². The number of aryl methyl sites for hydroxylation is 2. The molecule has 2 nitrogen and oxygen atoms in total. The number of phenolic OH excluding ortho intramolecular Hbond substituents is 1. The lowest BCUT2D eigenvalue weighted by Crippen LogP contribution is -2.09. The predicted octanol–water partition coefficient (Wildman–Crippen LogP) is 9.82. The van der Waals surface area contributed by atoms with Crippen molar-refractivity contribution in [3.05, 3.63) is 155 Å². The number of phenols is 1. The Kier molecular flexibility index (Phi) is 7.52. The number of anilines is 3. The van der Waals surface area contributed by atoms with Crippen LogP contribution in [0.5, 0.6) is 5.75 Å². The summed E-state index contributed by atoms with van der Waals surface area (Å²) in [6.45, 7) is 3.86. The van der Waals surface area contributed by atoms with Gasteiger partial charge in [-0.1, -0.05) is 97.1 Å². The highest BCUT2D eigenvalue weighted by atomic mass is 16.3. The molecule has 0 aliphatic heterocycles. The Labute approximate surface area is 225 Å². The molecule has 0 unspecified atom stereocenters. The molecule has 0 saturated carbocycles. The largest absolute Gasteiger partial charge is 0.507 e. The van der Waals surface area contributed by atoms with Gasteiger partial charge in [0.25, 0.3) is 0 Å². The lowest BCUT2D eigenvalue weighted by molar-refractivity contribution is 0.467. The number of hydrogen-bond acceptors (Lipinski definition) is 2. The van der Waals surface area contributed by atoms with Crippen LogP contribution in [0.4, 0.5) is 17.1 Å². The van der Waals surface area contributed by atoms with Gasteiger partial charge in [-0.15, -0.1) is 0 Å². The fraction of sp³-hybridized carbons (Fsp3) is 0.0556. The van der Waals surface area contributed by atoms with Crippen molar-refractivity contribution < 1.29 is 5.11 Å². The molecule has 0 aliphatic carbocycles. The smallest absolute Gasteiger partial charge is 0.121 e. The van der Waals surface area contributed by atoms with E-state index in [1.54, 1.807) is 0 Å². The molecule has 0 atom stereocenters. The molecule has 0 fully saturated rings. The monoisotopic (exact) mass is 493 g/mol. The van der Waals surface area contributed by atoms with E-state index in [1.807, 2.05) is 38.1 Å². The molecule has 0 heterocycles. The van der Waals surface area contributed by atoms with Crippen molar-refractivity contribution >= 4 is 41.4 Å².